The molecule has 0 aliphatic carbocycles. The van der Waals surface area contributed by atoms with Gasteiger partial charge in [0.05, 0.1) is 12.7 Å². The van der Waals surface area contributed by atoms with Crippen LogP contribution in [-0.2, 0) is 9.53 Å². The van der Waals surface area contributed by atoms with Crippen LogP contribution < -0.4 is 11.1 Å². The molecule has 0 fully saturated rings. The summed E-state index contributed by atoms with van der Waals surface area (Å²) in [6.07, 6.45) is 0.204. The Balaban J connectivity index is 3.21. The molecule has 1 unspecified atom stereocenters. The Morgan fingerprint density at radius 3 is 2.69 bits per heavy atom. The van der Waals surface area contributed by atoms with Gasteiger partial charge >= 0.3 is 5.97 Å². The van der Waals surface area contributed by atoms with Gasteiger partial charge in [-0.1, -0.05) is 0 Å². The van der Waals surface area contributed by atoms with Gasteiger partial charge in [0.15, 0.2) is 0 Å². The quantitative estimate of drug-likeness (QED) is 0.467. The van der Waals surface area contributed by atoms with E-state index in [0.29, 0.717) is 13.2 Å². The number of nitrogens with two attached hydrogens (primary N) is 1. The van der Waals surface area contributed by atoms with E-state index in [2.05, 4.69) is 5.32 Å². The summed E-state index contributed by atoms with van der Waals surface area (Å²) in [7, 11) is 0. The van der Waals surface area contributed by atoms with E-state index in [9.17, 15) is 4.79 Å². The Morgan fingerprint density at radius 1 is 1.62 bits per heavy atom. The van der Waals surface area contributed by atoms with Crippen molar-refractivity contribution in [2.45, 2.75) is 26.0 Å². The zero-order valence-corrected chi connectivity index (χ0v) is 8.12. The number of carbonyl (C=O) groups is 1. The number of carboxylic acid groups (broad SMARTS) is 1. The molecule has 0 saturated heterocycles. The van der Waals surface area contributed by atoms with Crippen LogP contribution in [0.4, 0.5) is 0 Å². The first kappa shape index (κ1) is 12.3. The van der Waals surface area contributed by atoms with Gasteiger partial charge in [0.2, 0.25) is 0 Å². The maximum atomic E-state index is 10.3. The van der Waals surface area contributed by atoms with Crippen molar-refractivity contribution in [3.63, 3.8) is 0 Å². The van der Waals surface area contributed by atoms with E-state index < -0.39 is 12.0 Å². The summed E-state index contributed by atoms with van der Waals surface area (Å²) >= 11 is 0. The van der Waals surface area contributed by atoms with E-state index in [-0.39, 0.29) is 12.6 Å². The zero-order valence-electron chi connectivity index (χ0n) is 8.12. The number of aliphatic carboxylic acids is 1. The highest BCUT2D eigenvalue weighted by molar-refractivity contribution is 5.73. The van der Waals surface area contributed by atoms with Gasteiger partial charge in [0, 0.05) is 13.1 Å². The molecule has 0 bridgehead atoms. The molecule has 0 spiro atoms. The van der Waals surface area contributed by atoms with E-state index in [0.717, 1.165) is 0 Å². The van der Waals surface area contributed by atoms with Crippen LogP contribution in [0.1, 0.15) is 13.8 Å². The molecule has 0 aromatic rings. The van der Waals surface area contributed by atoms with Crippen molar-refractivity contribution < 1.29 is 14.6 Å². The minimum Gasteiger partial charge on any atom is -0.480 e. The molecule has 0 rings (SSSR count). The predicted octanol–water partition coefficient (Wildman–Crippen LogP) is -0.587. The molecular weight excluding hydrogens is 172 g/mol. The van der Waals surface area contributed by atoms with Crippen LogP contribution in [0.2, 0.25) is 0 Å². The molecule has 13 heavy (non-hydrogen) atoms. The lowest BCUT2D eigenvalue weighted by atomic mass is 10.3. The van der Waals surface area contributed by atoms with Gasteiger partial charge in [-0.05, 0) is 13.8 Å². The van der Waals surface area contributed by atoms with Gasteiger partial charge in [-0.25, -0.2) is 0 Å². The topological polar surface area (TPSA) is 84.6 Å². The van der Waals surface area contributed by atoms with Crippen LogP contribution in [-0.4, -0.2) is 42.9 Å². The lowest BCUT2D eigenvalue weighted by molar-refractivity contribution is -0.138. The van der Waals surface area contributed by atoms with Crippen LogP contribution >= 0.6 is 0 Å². The molecule has 0 aromatic heterocycles. The Kier molecular flexibility index (Phi) is 6.48. The maximum absolute atomic E-state index is 10.3. The first-order valence-electron chi connectivity index (χ1n) is 4.34. The van der Waals surface area contributed by atoms with Crippen LogP contribution in [0.3, 0.4) is 0 Å². The Morgan fingerprint density at radius 2 is 2.23 bits per heavy atom. The summed E-state index contributed by atoms with van der Waals surface area (Å²) in [6.45, 7) is 5.37. The fraction of sp³-hybridized carbons (Fsp3) is 0.875. The summed E-state index contributed by atoms with van der Waals surface area (Å²) in [4.78, 5) is 10.3. The highest BCUT2D eigenvalue weighted by Gasteiger charge is 2.09. The minimum absolute atomic E-state index is 0.204. The Bertz CT molecular complexity index is 150. The first-order chi connectivity index (χ1) is 6.04. The van der Waals surface area contributed by atoms with E-state index in [1.54, 1.807) is 0 Å². The van der Waals surface area contributed by atoms with E-state index in [4.69, 9.17) is 15.6 Å². The lowest BCUT2D eigenvalue weighted by Crippen LogP contribution is -2.41. The lowest BCUT2D eigenvalue weighted by Gasteiger charge is -2.10. The summed E-state index contributed by atoms with van der Waals surface area (Å²) in [6, 6.07) is -0.834. The smallest absolute Gasteiger partial charge is 0.321 e. The largest absolute Gasteiger partial charge is 0.480 e. The van der Waals surface area contributed by atoms with Crippen molar-refractivity contribution in [1.82, 2.24) is 5.32 Å². The summed E-state index contributed by atoms with van der Waals surface area (Å²) in [5, 5.41) is 11.3. The standard InChI is InChI=1S/C8H18N2O3/c1-6(2)13-4-3-10-5-7(9)8(11)12/h6-7,10H,3-5,9H2,1-2H3,(H,11,12). The number of carboxylic acids is 1. The third kappa shape index (κ3) is 7.70. The molecule has 5 heteroatoms. The van der Waals surface area contributed by atoms with Crippen LogP contribution in [0.5, 0.6) is 0 Å². The SMILES string of the molecule is CC(C)OCCNCC(N)C(=O)O. The molecule has 0 amide bonds. The van der Waals surface area contributed by atoms with Gasteiger partial charge in [-0.2, -0.15) is 0 Å². The second-order valence-corrected chi connectivity index (χ2v) is 3.07. The maximum Gasteiger partial charge on any atom is 0.321 e. The summed E-state index contributed by atoms with van der Waals surface area (Å²) < 4.78 is 5.23. The van der Waals surface area contributed by atoms with Crippen LogP contribution in [0.25, 0.3) is 0 Å². The number of hydrogen-bond donors (Lipinski definition) is 3. The van der Waals surface area contributed by atoms with Crippen molar-refractivity contribution in [1.29, 1.82) is 0 Å². The van der Waals surface area contributed by atoms with Crippen molar-refractivity contribution in [2.75, 3.05) is 19.7 Å². The van der Waals surface area contributed by atoms with E-state index in [1.165, 1.54) is 0 Å². The van der Waals surface area contributed by atoms with Crippen molar-refractivity contribution in [2.24, 2.45) is 5.73 Å². The van der Waals surface area contributed by atoms with Crippen molar-refractivity contribution in [3.8, 4) is 0 Å². The first-order valence-corrected chi connectivity index (χ1v) is 4.34. The number of ether oxygens (including phenoxy) is 1. The molecular formula is C8H18N2O3. The second kappa shape index (κ2) is 6.82. The monoisotopic (exact) mass is 190 g/mol. The van der Waals surface area contributed by atoms with Gasteiger partial charge in [-0.15, -0.1) is 0 Å². The molecule has 0 aliphatic rings. The minimum atomic E-state index is -0.989. The van der Waals surface area contributed by atoms with Crippen molar-refractivity contribution in [3.05, 3.63) is 0 Å². The molecule has 4 N–H and O–H groups in total. The Hall–Kier alpha value is -0.650. The summed E-state index contributed by atoms with van der Waals surface area (Å²) in [5.74, 6) is -0.989. The van der Waals surface area contributed by atoms with Crippen molar-refractivity contribution >= 4 is 5.97 Å². The number of nitrogens with one attached hydrogen (secondary N) is 1. The zero-order chi connectivity index (χ0) is 10.3. The summed E-state index contributed by atoms with van der Waals surface area (Å²) in [5.41, 5.74) is 5.26. The predicted molar refractivity (Wildman–Crippen MR) is 49.6 cm³/mol. The fourth-order valence-electron chi connectivity index (χ4n) is 0.712. The molecule has 0 radical (unpaired) electrons. The molecule has 0 saturated carbocycles. The molecule has 5 nitrogen and oxygen atoms in total. The van der Waals surface area contributed by atoms with Crippen LogP contribution in [0.15, 0.2) is 0 Å². The third-order valence-electron chi connectivity index (χ3n) is 1.41. The van der Waals surface area contributed by atoms with Crippen LogP contribution in [0, 0.1) is 0 Å². The third-order valence-corrected chi connectivity index (χ3v) is 1.41. The normalized spacial score (nSPS) is 13.2. The van der Waals surface area contributed by atoms with E-state index in [1.807, 2.05) is 13.8 Å². The number of hydrogen-bond acceptors (Lipinski definition) is 4. The highest BCUT2D eigenvalue weighted by atomic mass is 16.5. The highest BCUT2D eigenvalue weighted by Crippen LogP contribution is 1.85. The average molecular weight is 190 g/mol. The fourth-order valence-corrected chi connectivity index (χ4v) is 0.712. The second-order valence-electron chi connectivity index (χ2n) is 3.07. The molecule has 1 atom stereocenters. The molecule has 0 heterocycles. The van der Waals surface area contributed by atoms with Gasteiger partial charge < -0.3 is 20.9 Å². The van der Waals surface area contributed by atoms with E-state index >= 15 is 0 Å². The van der Waals surface area contributed by atoms with Gasteiger partial charge in [0.25, 0.3) is 0 Å². The number of rotatable bonds is 7. The van der Waals surface area contributed by atoms with Gasteiger partial charge in [0.1, 0.15) is 6.04 Å². The molecule has 0 aromatic carbocycles. The van der Waals surface area contributed by atoms with Gasteiger partial charge in [-0.3, -0.25) is 4.79 Å². The molecule has 0 aliphatic heterocycles. The Labute approximate surface area is 78.3 Å². The molecule has 78 valence electrons. The average Bonchev–Trinajstić information content (AvgIpc) is 2.02.